The molecule has 2 aromatic heterocycles. The first kappa shape index (κ1) is 20.2. The van der Waals surface area contributed by atoms with Crippen LogP contribution in [0.25, 0.3) is 0 Å². The third-order valence-corrected chi connectivity index (χ3v) is 5.34. The van der Waals surface area contributed by atoms with E-state index in [9.17, 15) is 4.79 Å². The Morgan fingerprint density at radius 3 is 2.97 bits per heavy atom. The number of ether oxygens (including phenoxy) is 2. The van der Waals surface area contributed by atoms with Gasteiger partial charge in [-0.25, -0.2) is 0 Å². The van der Waals surface area contributed by atoms with Gasteiger partial charge in [0.05, 0.1) is 13.2 Å². The first-order valence-corrected chi connectivity index (χ1v) is 10.2. The Kier molecular flexibility index (Phi) is 6.18. The van der Waals surface area contributed by atoms with Crippen molar-refractivity contribution >= 4 is 17.5 Å². The van der Waals surface area contributed by atoms with Crippen LogP contribution in [0.3, 0.4) is 0 Å². The van der Waals surface area contributed by atoms with Crippen LogP contribution in [0.4, 0.5) is 0 Å². The molecule has 0 spiro atoms. The Morgan fingerprint density at radius 1 is 1.27 bits per heavy atom. The van der Waals surface area contributed by atoms with Gasteiger partial charge in [-0.1, -0.05) is 22.8 Å². The number of pyridine rings is 1. The van der Waals surface area contributed by atoms with Gasteiger partial charge in [0.1, 0.15) is 6.61 Å². The zero-order valence-corrected chi connectivity index (χ0v) is 17.3. The normalized spacial score (nSPS) is 16.3. The van der Waals surface area contributed by atoms with Crippen LogP contribution in [0, 0.1) is 0 Å². The van der Waals surface area contributed by atoms with E-state index in [1.807, 2.05) is 23.2 Å². The zero-order valence-electron chi connectivity index (χ0n) is 16.6. The third-order valence-electron chi connectivity index (χ3n) is 5.11. The Labute approximate surface area is 179 Å². The Hall–Kier alpha value is -3.06. The molecule has 3 heterocycles. The molecule has 30 heavy (non-hydrogen) atoms. The smallest absolute Gasteiger partial charge is 0.276 e. The minimum atomic E-state index is -0.150. The number of carbonyl (C=O) groups excluding carboxylic acids is 1. The number of likely N-dealkylation sites (tertiary alicyclic amines) is 1. The maximum Gasteiger partial charge on any atom is 0.276 e. The lowest BCUT2D eigenvalue weighted by Crippen LogP contribution is -2.38. The van der Waals surface area contributed by atoms with Crippen molar-refractivity contribution < 1.29 is 18.8 Å². The summed E-state index contributed by atoms with van der Waals surface area (Å²) in [7, 11) is 1.54. The van der Waals surface area contributed by atoms with Gasteiger partial charge in [0, 0.05) is 36.1 Å². The first-order chi connectivity index (χ1) is 14.7. The molecule has 1 fully saturated rings. The van der Waals surface area contributed by atoms with E-state index in [2.05, 4.69) is 10.1 Å². The van der Waals surface area contributed by atoms with Crippen molar-refractivity contribution in [1.82, 2.24) is 15.0 Å². The molecule has 0 N–H and O–H groups in total. The van der Waals surface area contributed by atoms with Crippen LogP contribution in [0.1, 0.15) is 47.1 Å². The van der Waals surface area contributed by atoms with Gasteiger partial charge < -0.3 is 18.9 Å². The van der Waals surface area contributed by atoms with E-state index in [1.165, 1.54) is 0 Å². The molecule has 0 bridgehead atoms. The fourth-order valence-electron chi connectivity index (χ4n) is 3.63. The predicted molar refractivity (Wildman–Crippen MR) is 111 cm³/mol. The molecule has 1 aliphatic heterocycles. The van der Waals surface area contributed by atoms with Crippen LogP contribution >= 0.6 is 11.6 Å². The van der Waals surface area contributed by atoms with Crippen molar-refractivity contribution in [1.29, 1.82) is 0 Å². The van der Waals surface area contributed by atoms with Crippen LogP contribution in [-0.2, 0) is 6.61 Å². The van der Waals surface area contributed by atoms with Gasteiger partial charge in [-0.05, 0) is 43.0 Å². The fraction of sp³-hybridized carbons (Fsp3) is 0.318. The maximum absolute atomic E-state index is 13.1. The molecule has 3 aromatic rings. The van der Waals surface area contributed by atoms with Crippen molar-refractivity contribution in [2.75, 3.05) is 13.7 Å². The molecule has 1 amide bonds. The second-order valence-electron chi connectivity index (χ2n) is 7.06. The number of aromatic nitrogens is 2. The van der Waals surface area contributed by atoms with E-state index in [0.717, 1.165) is 24.8 Å². The van der Waals surface area contributed by atoms with Gasteiger partial charge in [0.2, 0.25) is 0 Å². The summed E-state index contributed by atoms with van der Waals surface area (Å²) >= 11 is 5.97. The number of piperidine rings is 1. The molecule has 8 heteroatoms. The molecule has 0 aliphatic carbocycles. The number of benzene rings is 1. The number of nitrogens with zero attached hydrogens (tertiary/aromatic N) is 3. The standard InChI is InChI=1S/C22H22ClN3O4/c1-28-21-11-16(23)7-8-20(21)29-14-17-12-18(25-30-17)22(27)26-10-3-2-6-19(26)15-5-4-9-24-13-15/h4-5,7-9,11-13,19H,2-3,6,10,14H2,1H3/t19-/m0/s1. The SMILES string of the molecule is COc1cc(Cl)ccc1OCc1cc(C(=O)N2CCCC[C@H]2c2cccnc2)no1. The number of halogens is 1. The number of amides is 1. The molecule has 156 valence electrons. The molecular weight excluding hydrogens is 406 g/mol. The number of carbonyl (C=O) groups is 1. The lowest BCUT2D eigenvalue weighted by atomic mass is 9.96. The summed E-state index contributed by atoms with van der Waals surface area (Å²) in [5, 5.41) is 4.53. The van der Waals surface area contributed by atoms with Crippen molar-refractivity contribution in [2.24, 2.45) is 0 Å². The van der Waals surface area contributed by atoms with Crippen molar-refractivity contribution in [3.05, 3.63) is 70.8 Å². The van der Waals surface area contributed by atoms with E-state index in [4.69, 9.17) is 25.6 Å². The summed E-state index contributed by atoms with van der Waals surface area (Å²) in [6.07, 6.45) is 6.49. The second-order valence-corrected chi connectivity index (χ2v) is 7.50. The lowest BCUT2D eigenvalue weighted by Gasteiger charge is -2.35. The quantitative estimate of drug-likeness (QED) is 0.568. The third kappa shape index (κ3) is 4.41. The highest BCUT2D eigenvalue weighted by Gasteiger charge is 2.30. The van der Waals surface area contributed by atoms with Gasteiger partial charge in [-0.3, -0.25) is 9.78 Å². The number of hydrogen-bond acceptors (Lipinski definition) is 6. The molecule has 1 saturated heterocycles. The summed E-state index contributed by atoms with van der Waals surface area (Å²) < 4.78 is 16.4. The summed E-state index contributed by atoms with van der Waals surface area (Å²) in [4.78, 5) is 19.2. The van der Waals surface area contributed by atoms with Gasteiger partial charge in [0.15, 0.2) is 23.0 Å². The van der Waals surface area contributed by atoms with E-state index in [-0.39, 0.29) is 24.2 Å². The van der Waals surface area contributed by atoms with Crippen molar-refractivity contribution in [3.8, 4) is 11.5 Å². The van der Waals surface area contributed by atoms with Crippen LogP contribution < -0.4 is 9.47 Å². The lowest BCUT2D eigenvalue weighted by molar-refractivity contribution is 0.0600. The summed E-state index contributed by atoms with van der Waals surface area (Å²) in [5.74, 6) is 1.35. The largest absolute Gasteiger partial charge is 0.493 e. The minimum absolute atomic E-state index is 0.00493. The molecule has 0 unspecified atom stereocenters. The van der Waals surface area contributed by atoms with E-state index in [0.29, 0.717) is 28.8 Å². The molecule has 0 radical (unpaired) electrons. The van der Waals surface area contributed by atoms with Gasteiger partial charge in [-0.15, -0.1) is 0 Å². The molecular formula is C22H22ClN3O4. The summed E-state index contributed by atoms with van der Waals surface area (Å²) in [5.41, 5.74) is 1.31. The highest BCUT2D eigenvalue weighted by Crippen LogP contribution is 2.32. The minimum Gasteiger partial charge on any atom is -0.493 e. The average Bonchev–Trinajstić information content (AvgIpc) is 3.27. The molecule has 4 rings (SSSR count). The monoisotopic (exact) mass is 427 g/mol. The van der Waals surface area contributed by atoms with E-state index < -0.39 is 0 Å². The Bertz CT molecular complexity index is 1010. The van der Waals surface area contributed by atoms with Crippen LogP contribution in [0.5, 0.6) is 11.5 Å². The Morgan fingerprint density at radius 2 is 2.17 bits per heavy atom. The molecule has 1 aliphatic rings. The highest BCUT2D eigenvalue weighted by molar-refractivity contribution is 6.30. The first-order valence-electron chi connectivity index (χ1n) is 9.78. The zero-order chi connectivity index (χ0) is 20.9. The van der Waals surface area contributed by atoms with E-state index in [1.54, 1.807) is 37.6 Å². The summed E-state index contributed by atoms with van der Waals surface area (Å²) in [6, 6.07) is 10.6. The molecule has 0 saturated carbocycles. The topological polar surface area (TPSA) is 77.7 Å². The van der Waals surface area contributed by atoms with Crippen molar-refractivity contribution in [3.63, 3.8) is 0 Å². The fourth-order valence-corrected chi connectivity index (χ4v) is 3.79. The molecule has 1 aromatic carbocycles. The van der Waals surface area contributed by atoms with Crippen LogP contribution in [0.15, 0.2) is 53.3 Å². The maximum atomic E-state index is 13.1. The molecule has 7 nitrogen and oxygen atoms in total. The van der Waals surface area contributed by atoms with Gasteiger partial charge >= 0.3 is 0 Å². The predicted octanol–water partition coefficient (Wildman–Crippen LogP) is 4.68. The average molecular weight is 428 g/mol. The van der Waals surface area contributed by atoms with Crippen LogP contribution in [0.2, 0.25) is 5.02 Å². The summed E-state index contributed by atoms with van der Waals surface area (Å²) in [6.45, 7) is 0.795. The van der Waals surface area contributed by atoms with Gasteiger partial charge in [0.25, 0.3) is 5.91 Å². The number of hydrogen-bond donors (Lipinski definition) is 0. The number of methoxy groups -OCH3 is 1. The highest BCUT2D eigenvalue weighted by atomic mass is 35.5. The number of rotatable bonds is 6. The van der Waals surface area contributed by atoms with Gasteiger partial charge in [-0.2, -0.15) is 0 Å². The van der Waals surface area contributed by atoms with Crippen molar-refractivity contribution in [2.45, 2.75) is 31.9 Å². The Balaban J connectivity index is 1.46. The van der Waals surface area contributed by atoms with Crippen LogP contribution in [-0.4, -0.2) is 34.6 Å². The van der Waals surface area contributed by atoms with E-state index >= 15 is 0 Å². The molecule has 1 atom stereocenters. The second kappa shape index (κ2) is 9.17.